The van der Waals surface area contributed by atoms with E-state index in [9.17, 15) is 18.0 Å². The summed E-state index contributed by atoms with van der Waals surface area (Å²) in [5.41, 5.74) is 0.269. The fourth-order valence-corrected chi connectivity index (χ4v) is 3.98. The largest absolute Gasteiger partial charge is 0.417 e. The second kappa shape index (κ2) is 8.07. The van der Waals surface area contributed by atoms with Crippen molar-refractivity contribution in [1.29, 1.82) is 0 Å². The number of nitrogens with one attached hydrogen (secondary N) is 1. The third-order valence-electron chi connectivity index (χ3n) is 5.66. The van der Waals surface area contributed by atoms with Crippen LogP contribution in [-0.4, -0.2) is 35.9 Å². The Morgan fingerprint density at radius 1 is 1.10 bits per heavy atom. The highest BCUT2D eigenvalue weighted by atomic mass is 19.4. The van der Waals surface area contributed by atoms with Gasteiger partial charge in [0.05, 0.1) is 22.3 Å². The highest BCUT2D eigenvalue weighted by Gasteiger charge is 2.36. The van der Waals surface area contributed by atoms with Gasteiger partial charge in [-0.15, -0.1) is 0 Å². The highest BCUT2D eigenvalue weighted by molar-refractivity contribution is 6.09. The smallest absolute Gasteiger partial charge is 0.320 e. The van der Waals surface area contributed by atoms with Crippen molar-refractivity contribution in [2.45, 2.75) is 24.9 Å². The van der Waals surface area contributed by atoms with Crippen molar-refractivity contribution >= 4 is 22.5 Å². The van der Waals surface area contributed by atoms with Crippen LogP contribution in [0.4, 0.5) is 18.9 Å². The van der Waals surface area contributed by atoms with Crippen LogP contribution in [0.2, 0.25) is 0 Å². The van der Waals surface area contributed by atoms with E-state index in [1.165, 1.54) is 6.07 Å². The van der Waals surface area contributed by atoms with Crippen LogP contribution in [-0.2, 0) is 6.18 Å². The van der Waals surface area contributed by atoms with Crippen LogP contribution in [0.1, 0.15) is 40.2 Å². The Morgan fingerprint density at radius 3 is 2.57 bits per heavy atom. The highest BCUT2D eigenvalue weighted by Crippen LogP contribution is 2.36. The Kier molecular flexibility index (Phi) is 5.47. The van der Waals surface area contributed by atoms with Crippen molar-refractivity contribution in [3.63, 3.8) is 0 Å². The molecule has 156 valence electrons. The van der Waals surface area contributed by atoms with Crippen LogP contribution in [0.15, 0.2) is 54.7 Å². The quantitative estimate of drug-likeness (QED) is 0.633. The zero-order chi connectivity index (χ0) is 21.3. The summed E-state index contributed by atoms with van der Waals surface area (Å²) in [4.78, 5) is 19.2. The number of fused-ring (bicyclic) bond motifs is 1. The molecule has 0 spiro atoms. The number of aromatic nitrogens is 1. The van der Waals surface area contributed by atoms with Crippen molar-refractivity contribution in [3.05, 3.63) is 71.4 Å². The number of amides is 1. The summed E-state index contributed by atoms with van der Waals surface area (Å²) in [5.74, 6) is -0.725. The molecule has 0 unspecified atom stereocenters. The van der Waals surface area contributed by atoms with Crippen molar-refractivity contribution in [2.75, 3.05) is 25.5 Å². The number of hydrogen-bond acceptors (Lipinski definition) is 3. The second-order valence-electron chi connectivity index (χ2n) is 7.72. The molecule has 0 atom stereocenters. The van der Waals surface area contributed by atoms with Crippen molar-refractivity contribution in [1.82, 2.24) is 9.88 Å². The number of alkyl halides is 3. The number of pyridine rings is 1. The van der Waals surface area contributed by atoms with E-state index < -0.39 is 17.6 Å². The minimum atomic E-state index is -4.62. The van der Waals surface area contributed by atoms with E-state index in [1.54, 1.807) is 30.5 Å². The van der Waals surface area contributed by atoms with Gasteiger partial charge in [-0.1, -0.05) is 24.3 Å². The predicted octanol–water partition coefficient (Wildman–Crippen LogP) is 5.32. The maximum atomic E-state index is 13.8. The molecule has 3 aromatic rings. The molecule has 4 rings (SSSR count). The standard InChI is InChI=1S/C23H22F3N3O/c1-29-12-9-15(10-13-29)17-7-8-18(19(14-17)23(24,25)26)22(30)28-20-6-2-4-16-5-3-11-27-21(16)20/h2-8,11,14-15H,9-10,12-13H2,1H3,(H,28,30). The molecule has 0 bridgehead atoms. The monoisotopic (exact) mass is 413 g/mol. The van der Waals surface area contributed by atoms with Gasteiger partial charge in [-0.3, -0.25) is 9.78 Å². The van der Waals surface area contributed by atoms with E-state index in [4.69, 9.17) is 0 Å². The second-order valence-corrected chi connectivity index (χ2v) is 7.72. The minimum absolute atomic E-state index is 0.0710. The molecule has 0 saturated carbocycles. The number of hydrogen-bond donors (Lipinski definition) is 1. The minimum Gasteiger partial charge on any atom is -0.320 e. The molecule has 7 heteroatoms. The van der Waals surface area contributed by atoms with Gasteiger partial charge in [0.2, 0.25) is 0 Å². The molecule has 1 N–H and O–H groups in total. The first-order valence-corrected chi connectivity index (χ1v) is 9.88. The molecule has 1 aliphatic rings. The van der Waals surface area contributed by atoms with Crippen LogP contribution in [0.25, 0.3) is 10.9 Å². The molecule has 30 heavy (non-hydrogen) atoms. The summed E-state index contributed by atoms with van der Waals surface area (Å²) >= 11 is 0. The number of halogens is 3. The van der Waals surface area contributed by atoms with Crippen molar-refractivity contribution in [2.24, 2.45) is 0 Å². The Hall–Kier alpha value is -2.93. The topological polar surface area (TPSA) is 45.2 Å². The first kappa shape index (κ1) is 20.3. The number of carbonyl (C=O) groups is 1. The average Bonchev–Trinajstić information content (AvgIpc) is 2.73. The van der Waals surface area contributed by atoms with Gasteiger partial charge in [0.15, 0.2) is 0 Å². The van der Waals surface area contributed by atoms with E-state index in [2.05, 4.69) is 15.2 Å². The molecule has 1 aromatic heterocycles. The summed E-state index contributed by atoms with van der Waals surface area (Å²) in [7, 11) is 2.01. The molecule has 0 radical (unpaired) electrons. The lowest BCUT2D eigenvalue weighted by atomic mass is 9.87. The van der Waals surface area contributed by atoms with Gasteiger partial charge in [0.1, 0.15) is 0 Å². The lowest BCUT2D eigenvalue weighted by molar-refractivity contribution is -0.138. The fourth-order valence-electron chi connectivity index (χ4n) is 3.98. The summed E-state index contributed by atoms with van der Waals surface area (Å²) in [6.45, 7) is 1.70. The Bertz CT molecular complexity index is 1070. The molecular formula is C23H22F3N3O. The van der Waals surface area contributed by atoms with Crippen LogP contribution >= 0.6 is 0 Å². The van der Waals surface area contributed by atoms with Crippen LogP contribution in [0, 0.1) is 0 Å². The summed E-state index contributed by atoms with van der Waals surface area (Å²) < 4.78 is 41.4. The van der Waals surface area contributed by atoms with Gasteiger partial charge in [0, 0.05) is 11.6 Å². The van der Waals surface area contributed by atoms with Crippen LogP contribution in [0.3, 0.4) is 0 Å². The molecule has 1 fully saturated rings. The normalized spacial score (nSPS) is 16.0. The zero-order valence-corrected chi connectivity index (χ0v) is 16.5. The summed E-state index contributed by atoms with van der Waals surface area (Å²) in [6.07, 6.45) is -1.43. The molecule has 1 saturated heterocycles. The van der Waals surface area contributed by atoms with Gasteiger partial charge in [-0.25, -0.2) is 0 Å². The Labute approximate surface area is 172 Å². The van der Waals surface area contributed by atoms with Crippen molar-refractivity contribution < 1.29 is 18.0 Å². The van der Waals surface area contributed by atoms with Crippen molar-refractivity contribution in [3.8, 4) is 0 Å². The van der Waals surface area contributed by atoms with Gasteiger partial charge in [-0.05, 0) is 68.7 Å². The van der Waals surface area contributed by atoms with E-state index in [-0.39, 0.29) is 11.5 Å². The summed E-state index contributed by atoms with van der Waals surface area (Å²) in [5, 5.41) is 3.41. The average molecular weight is 413 g/mol. The number of piperidine rings is 1. The SMILES string of the molecule is CN1CCC(c2ccc(C(=O)Nc3cccc4cccnc34)c(C(F)(F)F)c2)CC1. The predicted molar refractivity (Wildman–Crippen MR) is 111 cm³/mol. The van der Waals surface area contributed by atoms with E-state index >= 15 is 0 Å². The zero-order valence-electron chi connectivity index (χ0n) is 16.5. The van der Waals surface area contributed by atoms with E-state index in [0.29, 0.717) is 16.8 Å². The molecule has 1 amide bonds. The number of para-hydroxylation sites is 1. The number of nitrogens with zero attached hydrogens (tertiary/aromatic N) is 2. The maximum Gasteiger partial charge on any atom is 0.417 e. The molecule has 2 aromatic carbocycles. The number of benzene rings is 2. The Morgan fingerprint density at radius 2 is 1.83 bits per heavy atom. The number of anilines is 1. The fraction of sp³-hybridized carbons (Fsp3) is 0.304. The molecule has 0 aliphatic carbocycles. The van der Waals surface area contributed by atoms with Gasteiger partial charge in [-0.2, -0.15) is 13.2 Å². The Balaban J connectivity index is 1.66. The van der Waals surface area contributed by atoms with Gasteiger partial charge < -0.3 is 10.2 Å². The first-order chi connectivity index (χ1) is 14.3. The number of carbonyl (C=O) groups excluding carboxylic acids is 1. The maximum absolute atomic E-state index is 13.8. The van der Waals surface area contributed by atoms with Crippen LogP contribution < -0.4 is 5.32 Å². The molecule has 4 nitrogen and oxygen atoms in total. The molecular weight excluding hydrogens is 391 g/mol. The molecule has 1 aliphatic heterocycles. The lowest BCUT2D eigenvalue weighted by Crippen LogP contribution is -2.29. The summed E-state index contributed by atoms with van der Waals surface area (Å²) in [6, 6.07) is 12.9. The van der Waals surface area contributed by atoms with E-state index in [0.717, 1.165) is 37.4 Å². The first-order valence-electron chi connectivity index (χ1n) is 9.88. The number of likely N-dealkylation sites (tertiary alicyclic amines) is 1. The van der Waals surface area contributed by atoms with Crippen LogP contribution in [0.5, 0.6) is 0 Å². The van der Waals surface area contributed by atoms with Gasteiger partial charge >= 0.3 is 6.18 Å². The third kappa shape index (κ3) is 4.16. The number of rotatable bonds is 3. The molecule has 2 heterocycles. The van der Waals surface area contributed by atoms with Gasteiger partial charge in [0.25, 0.3) is 5.91 Å². The third-order valence-corrected chi connectivity index (χ3v) is 5.66. The lowest BCUT2D eigenvalue weighted by Gasteiger charge is -2.29. The van der Waals surface area contributed by atoms with E-state index in [1.807, 2.05) is 19.2 Å².